The van der Waals surface area contributed by atoms with Crippen molar-refractivity contribution < 1.29 is 0 Å². The third-order valence-electron chi connectivity index (χ3n) is 2.52. The molecule has 0 aliphatic heterocycles. The fourth-order valence-corrected chi connectivity index (χ4v) is 1.85. The molecule has 0 aliphatic carbocycles. The van der Waals surface area contributed by atoms with Crippen LogP contribution in [0, 0.1) is 0 Å². The quantitative estimate of drug-likeness (QED) is 0.776. The molecule has 1 aromatic heterocycles. The largest absolute Gasteiger partial charge is 0.346 e. The molecule has 3 heteroatoms. The van der Waals surface area contributed by atoms with Gasteiger partial charge in [0.05, 0.1) is 0 Å². The minimum Gasteiger partial charge on any atom is -0.346 e. The fraction of sp³-hybridized carbons (Fsp3) is 0.333. The summed E-state index contributed by atoms with van der Waals surface area (Å²) in [4.78, 5) is 2.18. The highest BCUT2D eigenvalue weighted by Gasteiger charge is 2.01. The van der Waals surface area contributed by atoms with Gasteiger partial charge in [-0.3, -0.25) is 0 Å². The molecule has 0 amide bonds. The highest BCUT2D eigenvalue weighted by atomic mass is 35.5. The first-order chi connectivity index (χ1) is 7.16. The van der Waals surface area contributed by atoms with Gasteiger partial charge in [0.25, 0.3) is 0 Å². The second-order valence-corrected chi connectivity index (χ2v) is 4.45. The third-order valence-corrected chi connectivity index (χ3v) is 2.76. The van der Waals surface area contributed by atoms with Gasteiger partial charge < -0.3 is 9.47 Å². The maximum atomic E-state index is 5.94. The van der Waals surface area contributed by atoms with Crippen LogP contribution in [0.2, 0.25) is 5.02 Å². The van der Waals surface area contributed by atoms with E-state index in [0.717, 1.165) is 18.1 Å². The zero-order valence-electron chi connectivity index (χ0n) is 9.07. The van der Waals surface area contributed by atoms with E-state index in [9.17, 15) is 0 Å². The lowest BCUT2D eigenvalue weighted by molar-refractivity contribution is 0.387. The summed E-state index contributed by atoms with van der Waals surface area (Å²) in [5, 5.41) is 2.01. The molecule has 0 aliphatic rings. The van der Waals surface area contributed by atoms with Crippen LogP contribution in [0.5, 0.6) is 0 Å². The molecular formula is C12H15ClN2. The number of nitrogens with zero attached hydrogens (tertiary/aromatic N) is 2. The maximum absolute atomic E-state index is 5.94. The van der Waals surface area contributed by atoms with Crippen molar-refractivity contribution in [2.75, 3.05) is 20.6 Å². The van der Waals surface area contributed by atoms with Crippen molar-refractivity contribution in [3.63, 3.8) is 0 Å². The van der Waals surface area contributed by atoms with E-state index in [2.05, 4.69) is 41.9 Å². The SMILES string of the molecule is CN(C)CCn1ccc2cc(Cl)ccc21. The van der Waals surface area contributed by atoms with E-state index in [4.69, 9.17) is 11.6 Å². The van der Waals surface area contributed by atoms with Gasteiger partial charge in [-0.2, -0.15) is 0 Å². The van der Waals surface area contributed by atoms with E-state index < -0.39 is 0 Å². The predicted octanol–water partition coefficient (Wildman–Crippen LogP) is 2.86. The van der Waals surface area contributed by atoms with Crippen molar-refractivity contribution in [3.05, 3.63) is 35.5 Å². The summed E-state index contributed by atoms with van der Waals surface area (Å²) in [5.74, 6) is 0. The smallest absolute Gasteiger partial charge is 0.0481 e. The van der Waals surface area contributed by atoms with Crippen LogP contribution in [0.25, 0.3) is 10.9 Å². The normalized spacial score (nSPS) is 11.5. The highest BCUT2D eigenvalue weighted by molar-refractivity contribution is 6.31. The van der Waals surface area contributed by atoms with Crippen molar-refractivity contribution in [1.82, 2.24) is 9.47 Å². The highest BCUT2D eigenvalue weighted by Crippen LogP contribution is 2.20. The minimum atomic E-state index is 0.799. The molecule has 0 N–H and O–H groups in total. The second-order valence-electron chi connectivity index (χ2n) is 4.02. The van der Waals surface area contributed by atoms with Crippen LogP contribution in [0.15, 0.2) is 30.5 Å². The summed E-state index contributed by atoms with van der Waals surface area (Å²) < 4.78 is 2.26. The Morgan fingerprint density at radius 3 is 2.80 bits per heavy atom. The molecule has 0 unspecified atom stereocenters. The number of hydrogen-bond donors (Lipinski definition) is 0. The maximum Gasteiger partial charge on any atom is 0.0481 e. The van der Waals surface area contributed by atoms with Crippen molar-refractivity contribution >= 4 is 22.5 Å². The average molecular weight is 223 g/mol. The number of halogens is 1. The monoisotopic (exact) mass is 222 g/mol. The van der Waals surface area contributed by atoms with Crippen molar-refractivity contribution in [2.45, 2.75) is 6.54 Å². The molecule has 2 aromatic rings. The van der Waals surface area contributed by atoms with Crippen molar-refractivity contribution in [1.29, 1.82) is 0 Å². The molecule has 0 saturated carbocycles. The van der Waals surface area contributed by atoms with Crippen LogP contribution in [0.1, 0.15) is 0 Å². The molecule has 0 radical (unpaired) electrons. The molecule has 15 heavy (non-hydrogen) atoms. The van der Waals surface area contributed by atoms with E-state index in [1.165, 1.54) is 10.9 Å². The Hall–Kier alpha value is -0.990. The van der Waals surface area contributed by atoms with E-state index in [1.54, 1.807) is 0 Å². The minimum absolute atomic E-state index is 0.799. The van der Waals surface area contributed by atoms with Gasteiger partial charge in [0.1, 0.15) is 0 Å². The number of aromatic nitrogens is 1. The standard InChI is InChI=1S/C12H15ClN2/c1-14(2)7-8-15-6-5-10-9-11(13)3-4-12(10)15/h3-6,9H,7-8H2,1-2H3. The van der Waals surface area contributed by atoms with Gasteiger partial charge in [0.15, 0.2) is 0 Å². The molecule has 0 fully saturated rings. The van der Waals surface area contributed by atoms with Gasteiger partial charge in [0.2, 0.25) is 0 Å². The number of hydrogen-bond acceptors (Lipinski definition) is 1. The second kappa shape index (κ2) is 4.25. The fourth-order valence-electron chi connectivity index (χ4n) is 1.67. The molecule has 0 atom stereocenters. The Balaban J connectivity index is 2.29. The van der Waals surface area contributed by atoms with Gasteiger partial charge in [0, 0.05) is 35.2 Å². The first-order valence-corrected chi connectivity index (χ1v) is 5.44. The third kappa shape index (κ3) is 2.33. The van der Waals surface area contributed by atoms with E-state index >= 15 is 0 Å². The summed E-state index contributed by atoms with van der Waals surface area (Å²) in [6, 6.07) is 8.13. The summed E-state index contributed by atoms with van der Waals surface area (Å²) in [6.45, 7) is 2.06. The number of fused-ring (bicyclic) bond motifs is 1. The van der Waals surface area contributed by atoms with Crippen LogP contribution in [-0.2, 0) is 6.54 Å². The molecule has 1 aromatic carbocycles. The Kier molecular flexibility index (Phi) is 2.98. The zero-order chi connectivity index (χ0) is 10.8. The lowest BCUT2D eigenvalue weighted by Crippen LogP contribution is -2.17. The van der Waals surface area contributed by atoms with Gasteiger partial charge in [-0.1, -0.05) is 11.6 Å². The van der Waals surface area contributed by atoms with E-state index in [-0.39, 0.29) is 0 Å². The Morgan fingerprint density at radius 2 is 2.07 bits per heavy atom. The summed E-state index contributed by atoms with van der Waals surface area (Å²) in [5.41, 5.74) is 1.25. The van der Waals surface area contributed by atoms with E-state index in [0.29, 0.717) is 0 Å². The molecular weight excluding hydrogens is 208 g/mol. The molecule has 2 nitrogen and oxygen atoms in total. The van der Waals surface area contributed by atoms with Gasteiger partial charge in [-0.05, 0) is 38.4 Å². The molecule has 80 valence electrons. The molecule has 2 rings (SSSR count). The summed E-state index contributed by atoms with van der Waals surface area (Å²) in [7, 11) is 4.17. The molecule has 1 heterocycles. The van der Waals surface area contributed by atoms with Crippen LogP contribution in [0.3, 0.4) is 0 Å². The van der Waals surface area contributed by atoms with Crippen molar-refractivity contribution in [3.8, 4) is 0 Å². The predicted molar refractivity (Wildman–Crippen MR) is 65.5 cm³/mol. The lowest BCUT2D eigenvalue weighted by atomic mass is 10.2. The van der Waals surface area contributed by atoms with E-state index in [1.807, 2.05) is 12.1 Å². The van der Waals surface area contributed by atoms with Crippen LogP contribution in [-0.4, -0.2) is 30.1 Å². The van der Waals surface area contributed by atoms with Gasteiger partial charge in [-0.15, -0.1) is 0 Å². The van der Waals surface area contributed by atoms with Gasteiger partial charge >= 0.3 is 0 Å². The Labute approximate surface area is 95.1 Å². The molecule has 0 spiro atoms. The molecule has 0 saturated heterocycles. The van der Waals surface area contributed by atoms with Crippen LogP contribution in [0.4, 0.5) is 0 Å². The Bertz CT molecular complexity index is 460. The Morgan fingerprint density at radius 1 is 1.27 bits per heavy atom. The zero-order valence-corrected chi connectivity index (χ0v) is 9.83. The van der Waals surface area contributed by atoms with Crippen LogP contribution >= 0.6 is 11.6 Å². The number of benzene rings is 1. The first-order valence-electron chi connectivity index (χ1n) is 5.06. The number of likely N-dealkylation sites (N-methyl/N-ethyl adjacent to an activating group) is 1. The number of rotatable bonds is 3. The lowest BCUT2D eigenvalue weighted by Gasteiger charge is -2.11. The van der Waals surface area contributed by atoms with Gasteiger partial charge in [-0.25, -0.2) is 0 Å². The average Bonchev–Trinajstić information content (AvgIpc) is 2.57. The topological polar surface area (TPSA) is 8.17 Å². The van der Waals surface area contributed by atoms with Crippen molar-refractivity contribution in [2.24, 2.45) is 0 Å². The summed E-state index contributed by atoms with van der Waals surface area (Å²) >= 11 is 5.94. The van der Waals surface area contributed by atoms with Crippen LogP contribution < -0.4 is 0 Å². The first kappa shape index (κ1) is 10.5. The molecule has 0 bridgehead atoms. The summed E-state index contributed by atoms with van der Waals surface area (Å²) in [6.07, 6.45) is 2.12.